The largest absolute Gasteiger partial charge is 0.409 e. The third-order valence-corrected chi connectivity index (χ3v) is 3.28. The lowest BCUT2D eigenvalue weighted by Crippen LogP contribution is -2.50. The average molecular weight is 229 g/mol. The molecule has 0 radical (unpaired) electrons. The molecule has 0 aromatic rings. The van der Waals surface area contributed by atoms with E-state index in [1.54, 1.807) is 0 Å². The molecule has 1 aliphatic rings. The summed E-state index contributed by atoms with van der Waals surface area (Å²) in [6, 6.07) is -0.0875. The topological polar surface area (TPSA) is 90.9 Å². The monoisotopic (exact) mass is 229 g/mol. The number of aliphatic hydroxyl groups excluding tert-OH is 1. The Kier molecular flexibility index (Phi) is 5.55. The number of nitrogens with zero attached hydrogens (tertiary/aromatic N) is 1. The predicted molar refractivity (Wildman–Crippen MR) is 63.5 cm³/mol. The fourth-order valence-corrected chi connectivity index (χ4v) is 2.22. The second-order valence-corrected chi connectivity index (χ2v) is 4.46. The van der Waals surface area contributed by atoms with Crippen LogP contribution in [0.3, 0.4) is 0 Å². The number of rotatable bonds is 4. The van der Waals surface area contributed by atoms with Crippen molar-refractivity contribution in [3.63, 3.8) is 0 Å². The maximum Gasteiger partial charge on any atom is 0.156 e. The molecule has 94 valence electrons. The molecule has 0 bridgehead atoms. The minimum atomic E-state index is -0.317. The van der Waals surface area contributed by atoms with Crippen LogP contribution in [0, 0.1) is 0 Å². The van der Waals surface area contributed by atoms with Gasteiger partial charge in [-0.2, -0.15) is 0 Å². The van der Waals surface area contributed by atoms with Crippen molar-refractivity contribution in [2.45, 2.75) is 63.6 Å². The first-order valence-corrected chi connectivity index (χ1v) is 6.10. The third kappa shape index (κ3) is 3.64. The molecule has 3 unspecified atom stereocenters. The fourth-order valence-electron chi connectivity index (χ4n) is 2.22. The third-order valence-electron chi connectivity index (χ3n) is 3.28. The van der Waals surface area contributed by atoms with Gasteiger partial charge in [0.05, 0.1) is 12.1 Å². The van der Waals surface area contributed by atoms with E-state index in [0.29, 0.717) is 0 Å². The van der Waals surface area contributed by atoms with E-state index in [-0.39, 0.29) is 24.0 Å². The molecule has 0 heterocycles. The van der Waals surface area contributed by atoms with Gasteiger partial charge in [0.15, 0.2) is 5.84 Å². The van der Waals surface area contributed by atoms with Crippen LogP contribution in [0.4, 0.5) is 0 Å². The smallest absolute Gasteiger partial charge is 0.156 e. The quantitative estimate of drug-likeness (QED) is 0.189. The zero-order valence-electron chi connectivity index (χ0n) is 9.89. The first-order chi connectivity index (χ1) is 7.69. The Bertz CT molecular complexity index is 233. The van der Waals surface area contributed by atoms with E-state index in [1.165, 1.54) is 6.42 Å². The lowest BCUT2D eigenvalue weighted by molar-refractivity contribution is 0.117. The Morgan fingerprint density at radius 3 is 2.75 bits per heavy atom. The van der Waals surface area contributed by atoms with Crippen molar-refractivity contribution in [2.75, 3.05) is 0 Å². The lowest BCUT2D eigenvalue weighted by atomic mass is 10.0. The van der Waals surface area contributed by atoms with E-state index in [0.717, 1.165) is 32.1 Å². The molecule has 5 heteroatoms. The molecule has 1 aliphatic carbocycles. The second kappa shape index (κ2) is 6.70. The highest BCUT2D eigenvalue weighted by Gasteiger charge is 2.24. The number of oxime groups is 1. The number of nitrogens with one attached hydrogen (secondary N) is 1. The summed E-state index contributed by atoms with van der Waals surface area (Å²) in [4.78, 5) is 0. The SMILES string of the molecule is CCC(NC1CCCCCC1O)C(N)=NO. The van der Waals surface area contributed by atoms with E-state index >= 15 is 0 Å². The van der Waals surface area contributed by atoms with Crippen LogP contribution in [-0.4, -0.2) is 34.3 Å². The van der Waals surface area contributed by atoms with Gasteiger partial charge < -0.3 is 21.4 Å². The van der Waals surface area contributed by atoms with Crippen LogP contribution in [0.2, 0.25) is 0 Å². The summed E-state index contributed by atoms with van der Waals surface area (Å²) >= 11 is 0. The molecule has 1 saturated carbocycles. The van der Waals surface area contributed by atoms with Gasteiger partial charge >= 0.3 is 0 Å². The Labute approximate surface area is 96.7 Å². The Morgan fingerprint density at radius 1 is 1.44 bits per heavy atom. The Balaban J connectivity index is 2.55. The van der Waals surface area contributed by atoms with Crippen LogP contribution in [-0.2, 0) is 0 Å². The molecule has 5 nitrogen and oxygen atoms in total. The van der Waals surface area contributed by atoms with Crippen molar-refractivity contribution < 1.29 is 10.3 Å². The van der Waals surface area contributed by atoms with Crippen molar-refractivity contribution in [1.29, 1.82) is 0 Å². The number of aliphatic hydroxyl groups is 1. The Morgan fingerprint density at radius 2 is 2.12 bits per heavy atom. The second-order valence-electron chi connectivity index (χ2n) is 4.46. The maximum absolute atomic E-state index is 9.94. The molecule has 5 N–H and O–H groups in total. The summed E-state index contributed by atoms with van der Waals surface area (Å²) < 4.78 is 0. The molecular formula is C11H23N3O2. The summed E-state index contributed by atoms with van der Waals surface area (Å²) in [6.45, 7) is 1.97. The number of nitrogens with two attached hydrogens (primary N) is 1. The van der Waals surface area contributed by atoms with Gasteiger partial charge in [0, 0.05) is 6.04 Å². The van der Waals surface area contributed by atoms with Gasteiger partial charge in [-0.3, -0.25) is 0 Å². The zero-order chi connectivity index (χ0) is 12.0. The molecule has 1 fully saturated rings. The van der Waals surface area contributed by atoms with Crippen molar-refractivity contribution in [3.05, 3.63) is 0 Å². The number of hydrogen-bond donors (Lipinski definition) is 4. The van der Waals surface area contributed by atoms with E-state index in [9.17, 15) is 5.11 Å². The summed E-state index contributed by atoms with van der Waals surface area (Å²) in [6.07, 6.45) is 5.61. The molecule has 16 heavy (non-hydrogen) atoms. The molecule has 1 rings (SSSR count). The van der Waals surface area contributed by atoms with E-state index in [2.05, 4.69) is 10.5 Å². The van der Waals surface area contributed by atoms with Crippen LogP contribution in [0.15, 0.2) is 5.16 Å². The van der Waals surface area contributed by atoms with Gasteiger partial charge in [-0.05, 0) is 19.3 Å². The molecule has 0 spiro atoms. The predicted octanol–water partition coefficient (Wildman–Crippen LogP) is 0.795. The van der Waals surface area contributed by atoms with E-state index in [4.69, 9.17) is 10.9 Å². The highest BCUT2D eigenvalue weighted by Crippen LogP contribution is 2.18. The molecule has 0 saturated heterocycles. The first kappa shape index (κ1) is 13.3. The van der Waals surface area contributed by atoms with Crippen LogP contribution in [0.1, 0.15) is 45.4 Å². The Hall–Kier alpha value is -0.810. The number of hydrogen-bond acceptors (Lipinski definition) is 4. The van der Waals surface area contributed by atoms with Crippen LogP contribution < -0.4 is 11.1 Å². The van der Waals surface area contributed by atoms with E-state index < -0.39 is 0 Å². The normalized spacial score (nSPS) is 29.8. The first-order valence-electron chi connectivity index (χ1n) is 6.10. The molecule has 0 aliphatic heterocycles. The van der Waals surface area contributed by atoms with Crippen molar-refractivity contribution >= 4 is 5.84 Å². The maximum atomic E-state index is 9.94. The number of amidine groups is 1. The summed E-state index contributed by atoms with van der Waals surface area (Å²) in [7, 11) is 0. The van der Waals surface area contributed by atoms with Gasteiger partial charge in [0.1, 0.15) is 0 Å². The highest BCUT2D eigenvalue weighted by molar-refractivity contribution is 5.85. The molecule has 3 atom stereocenters. The van der Waals surface area contributed by atoms with Gasteiger partial charge in [-0.15, -0.1) is 0 Å². The fraction of sp³-hybridized carbons (Fsp3) is 0.909. The van der Waals surface area contributed by atoms with Gasteiger partial charge in [0.2, 0.25) is 0 Å². The van der Waals surface area contributed by atoms with Gasteiger partial charge in [-0.1, -0.05) is 31.3 Å². The van der Waals surface area contributed by atoms with Crippen LogP contribution >= 0.6 is 0 Å². The molecular weight excluding hydrogens is 206 g/mol. The lowest BCUT2D eigenvalue weighted by Gasteiger charge is -2.26. The molecule has 0 amide bonds. The standard InChI is InChI=1S/C11H23N3O2/c1-2-8(11(12)14-16)13-9-6-4-3-5-7-10(9)15/h8-10,13,15-16H,2-7H2,1H3,(H2,12,14). The minimum absolute atomic E-state index is 0.0627. The van der Waals surface area contributed by atoms with Gasteiger partial charge in [-0.25, -0.2) is 0 Å². The van der Waals surface area contributed by atoms with Crippen molar-refractivity contribution in [1.82, 2.24) is 5.32 Å². The zero-order valence-corrected chi connectivity index (χ0v) is 9.89. The van der Waals surface area contributed by atoms with Crippen molar-refractivity contribution in [2.24, 2.45) is 10.9 Å². The van der Waals surface area contributed by atoms with Crippen LogP contribution in [0.5, 0.6) is 0 Å². The average Bonchev–Trinajstić information content (AvgIpc) is 2.50. The molecule has 0 aromatic heterocycles. The van der Waals surface area contributed by atoms with E-state index in [1.807, 2.05) is 6.92 Å². The van der Waals surface area contributed by atoms with Gasteiger partial charge in [0.25, 0.3) is 0 Å². The summed E-state index contributed by atoms with van der Waals surface area (Å²) in [5, 5.41) is 24.9. The minimum Gasteiger partial charge on any atom is -0.409 e. The highest BCUT2D eigenvalue weighted by atomic mass is 16.4. The summed E-state index contributed by atoms with van der Waals surface area (Å²) in [5.41, 5.74) is 5.59. The molecule has 0 aromatic carbocycles. The van der Waals surface area contributed by atoms with Crippen molar-refractivity contribution in [3.8, 4) is 0 Å². The van der Waals surface area contributed by atoms with Crippen LogP contribution in [0.25, 0.3) is 0 Å². The summed E-state index contributed by atoms with van der Waals surface area (Å²) in [5.74, 6) is 0.193.